The van der Waals surface area contributed by atoms with Gasteiger partial charge in [-0.2, -0.15) is 0 Å². The van der Waals surface area contributed by atoms with Crippen molar-refractivity contribution in [1.82, 2.24) is 0 Å². The molecular weight excluding hydrogens is 240 g/mol. The van der Waals surface area contributed by atoms with Gasteiger partial charge in [-0.3, -0.25) is 0 Å². The molecule has 2 aromatic rings. The van der Waals surface area contributed by atoms with Crippen molar-refractivity contribution in [3.05, 3.63) is 58.3 Å². The molecule has 0 N–H and O–H groups in total. The van der Waals surface area contributed by atoms with Crippen LogP contribution >= 0.6 is 36.6 Å². The first-order chi connectivity index (χ1) is 7.29. The van der Waals surface area contributed by atoms with Gasteiger partial charge in [-0.25, -0.2) is 0 Å². The maximum absolute atomic E-state index is 4.51. The van der Waals surface area contributed by atoms with Gasteiger partial charge in [-0.15, -0.1) is 36.6 Å². The summed E-state index contributed by atoms with van der Waals surface area (Å²) in [6.45, 7) is 0. The van der Waals surface area contributed by atoms with E-state index >= 15 is 0 Å². The van der Waals surface area contributed by atoms with Gasteiger partial charge >= 0.3 is 0 Å². The minimum Gasteiger partial charge on any atom is -0.143 e. The van der Waals surface area contributed by atoms with Crippen LogP contribution in [0, 0.1) is 0 Å². The van der Waals surface area contributed by atoms with E-state index in [1.54, 1.807) is 11.3 Å². The summed E-state index contributed by atoms with van der Waals surface area (Å²) in [4.78, 5) is 2.99. The van der Waals surface area contributed by atoms with Crippen LogP contribution in [0.25, 0.3) is 9.81 Å². The minimum atomic E-state index is 0.918. The van der Waals surface area contributed by atoms with Crippen LogP contribution in [-0.2, 0) is 0 Å². The van der Waals surface area contributed by atoms with Gasteiger partial charge in [-0.05, 0) is 17.0 Å². The Morgan fingerprint density at radius 1 is 0.867 bits per heavy atom. The predicted molar refractivity (Wildman–Crippen MR) is 75.5 cm³/mol. The van der Waals surface area contributed by atoms with Crippen LogP contribution in [0.15, 0.2) is 47.8 Å². The molecule has 1 aromatic heterocycles. The summed E-state index contributed by atoms with van der Waals surface area (Å²) in [6, 6.07) is 14.1. The fourth-order valence-corrected chi connectivity index (χ4v) is 2.64. The van der Waals surface area contributed by atoms with Gasteiger partial charge in [0.1, 0.15) is 0 Å². The lowest BCUT2D eigenvalue weighted by Gasteiger charge is -2.04. The van der Waals surface area contributed by atoms with Crippen molar-refractivity contribution < 1.29 is 0 Å². The highest BCUT2D eigenvalue weighted by Gasteiger charge is 2.04. The Kier molecular flexibility index (Phi) is 3.57. The van der Waals surface area contributed by atoms with Crippen molar-refractivity contribution in [1.29, 1.82) is 0 Å². The van der Waals surface area contributed by atoms with Gasteiger partial charge in [0.15, 0.2) is 0 Å². The maximum Gasteiger partial charge on any atom is 0.0415 e. The zero-order valence-electron chi connectivity index (χ0n) is 7.92. The van der Waals surface area contributed by atoms with Crippen LogP contribution in [0.4, 0.5) is 0 Å². The molecule has 0 aliphatic carbocycles. The number of hydrogen-bond acceptors (Lipinski definition) is 3. The third-order valence-corrected chi connectivity index (χ3v) is 4.19. The Hall–Kier alpha value is -0.640. The molecule has 0 bridgehead atoms. The van der Waals surface area contributed by atoms with E-state index in [0.717, 1.165) is 20.3 Å². The maximum atomic E-state index is 4.51. The summed E-state index contributed by atoms with van der Waals surface area (Å²) >= 11 is 10.7. The summed E-state index contributed by atoms with van der Waals surface area (Å²) in [7, 11) is 0. The smallest absolute Gasteiger partial charge is 0.0415 e. The van der Waals surface area contributed by atoms with Gasteiger partial charge in [0.05, 0.1) is 0 Å². The second kappa shape index (κ2) is 4.92. The molecule has 0 amide bonds. The molecule has 0 atom stereocenters. The van der Waals surface area contributed by atoms with Crippen molar-refractivity contribution in [2.24, 2.45) is 0 Å². The summed E-state index contributed by atoms with van der Waals surface area (Å²) in [5.41, 5.74) is 1.10. The average molecular weight is 250 g/mol. The molecule has 0 aliphatic heterocycles. The largest absolute Gasteiger partial charge is 0.143 e. The van der Waals surface area contributed by atoms with Gasteiger partial charge < -0.3 is 0 Å². The molecule has 0 nitrogen and oxygen atoms in total. The molecule has 76 valence electrons. The van der Waals surface area contributed by atoms with Crippen LogP contribution in [0.5, 0.6) is 0 Å². The molecule has 1 heterocycles. The molecule has 3 heteroatoms. The van der Waals surface area contributed by atoms with Crippen LogP contribution < -0.4 is 0 Å². The Morgan fingerprint density at radius 2 is 1.60 bits per heavy atom. The standard InChI is InChI=1S/C12H10S3/c13-11(9-5-2-1-3-6-9)12(14)10-7-4-8-15-10/h1-8,13-14H/b12-11-. The summed E-state index contributed by atoms with van der Waals surface area (Å²) in [5.74, 6) is 0. The molecule has 0 unspecified atom stereocenters. The fourth-order valence-electron chi connectivity index (χ4n) is 1.26. The first kappa shape index (κ1) is 10.9. The third kappa shape index (κ3) is 2.48. The van der Waals surface area contributed by atoms with E-state index in [0.29, 0.717) is 0 Å². The Balaban J connectivity index is 2.42. The number of thiophene rings is 1. The van der Waals surface area contributed by atoms with Crippen LogP contribution in [0.2, 0.25) is 0 Å². The highest BCUT2D eigenvalue weighted by Crippen LogP contribution is 2.33. The predicted octanol–water partition coefficient (Wildman–Crippen LogP) is 4.43. The second-order valence-electron chi connectivity index (χ2n) is 3.04. The summed E-state index contributed by atoms with van der Waals surface area (Å²) in [5, 5.41) is 2.04. The topological polar surface area (TPSA) is 0 Å². The van der Waals surface area contributed by atoms with E-state index in [1.165, 1.54) is 0 Å². The molecular formula is C12H10S3. The molecule has 0 saturated heterocycles. The van der Waals surface area contributed by atoms with Crippen molar-refractivity contribution in [2.45, 2.75) is 0 Å². The Morgan fingerprint density at radius 3 is 2.20 bits per heavy atom. The molecule has 15 heavy (non-hydrogen) atoms. The van der Waals surface area contributed by atoms with Crippen molar-refractivity contribution >= 4 is 46.4 Å². The first-order valence-corrected chi connectivity index (χ1v) is 6.28. The van der Waals surface area contributed by atoms with Crippen LogP contribution in [0.1, 0.15) is 10.4 Å². The SMILES string of the molecule is S/C(=C(\S)c1cccs1)c1ccccc1. The molecule has 0 radical (unpaired) electrons. The molecule has 1 aromatic carbocycles. The number of hydrogen-bond donors (Lipinski definition) is 2. The lowest BCUT2D eigenvalue weighted by atomic mass is 10.2. The van der Waals surface area contributed by atoms with E-state index in [4.69, 9.17) is 0 Å². The van der Waals surface area contributed by atoms with Crippen LogP contribution in [-0.4, -0.2) is 0 Å². The normalized spacial score (nSPS) is 12.4. The third-order valence-electron chi connectivity index (χ3n) is 2.03. The van der Waals surface area contributed by atoms with Crippen LogP contribution in [0.3, 0.4) is 0 Å². The lowest BCUT2D eigenvalue weighted by Crippen LogP contribution is -1.78. The molecule has 2 rings (SSSR count). The summed E-state index contributed by atoms with van der Waals surface area (Å²) in [6.07, 6.45) is 0. The Labute approximate surface area is 104 Å². The van der Waals surface area contributed by atoms with E-state index in [-0.39, 0.29) is 0 Å². The van der Waals surface area contributed by atoms with Gasteiger partial charge in [0.25, 0.3) is 0 Å². The van der Waals surface area contributed by atoms with E-state index in [9.17, 15) is 0 Å². The average Bonchev–Trinajstić information content (AvgIpc) is 2.82. The molecule has 0 aliphatic rings. The van der Waals surface area contributed by atoms with E-state index in [1.807, 2.05) is 47.8 Å². The zero-order valence-corrected chi connectivity index (χ0v) is 10.5. The number of thiol groups is 2. The molecule has 0 saturated carbocycles. The van der Waals surface area contributed by atoms with Crippen molar-refractivity contribution in [2.75, 3.05) is 0 Å². The molecule has 0 spiro atoms. The highest BCUT2D eigenvalue weighted by molar-refractivity contribution is 7.96. The van der Waals surface area contributed by atoms with Crippen molar-refractivity contribution in [3.8, 4) is 0 Å². The van der Waals surface area contributed by atoms with Gasteiger partial charge in [0.2, 0.25) is 0 Å². The first-order valence-electron chi connectivity index (χ1n) is 4.50. The van der Waals surface area contributed by atoms with Crippen molar-refractivity contribution in [3.63, 3.8) is 0 Å². The molecule has 0 fully saturated rings. The quantitative estimate of drug-likeness (QED) is 0.724. The highest BCUT2D eigenvalue weighted by atomic mass is 32.1. The summed E-state index contributed by atoms with van der Waals surface area (Å²) < 4.78 is 0. The Bertz CT molecular complexity index is 455. The second-order valence-corrected chi connectivity index (χ2v) is 4.88. The number of rotatable bonds is 2. The van der Waals surface area contributed by atoms with Gasteiger partial charge in [-0.1, -0.05) is 36.4 Å². The number of benzene rings is 1. The van der Waals surface area contributed by atoms with E-state index in [2.05, 4.69) is 25.3 Å². The zero-order chi connectivity index (χ0) is 10.7. The van der Waals surface area contributed by atoms with Gasteiger partial charge in [0, 0.05) is 14.7 Å². The monoisotopic (exact) mass is 250 g/mol. The minimum absolute atomic E-state index is 0.918. The lowest BCUT2D eigenvalue weighted by molar-refractivity contribution is 1.66. The fraction of sp³-hybridized carbons (Fsp3) is 0. The van der Waals surface area contributed by atoms with E-state index < -0.39 is 0 Å².